The molecule has 0 bridgehead atoms. The van der Waals surface area contributed by atoms with Gasteiger partial charge in [0.1, 0.15) is 15.8 Å². The number of H-pyrrole nitrogens is 1. The van der Waals surface area contributed by atoms with E-state index >= 15 is 0 Å². The fraction of sp³-hybridized carbons (Fsp3) is 0.0476. The average molecular weight is 409 g/mol. The Morgan fingerprint density at radius 3 is 2.64 bits per heavy atom. The van der Waals surface area contributed by atoms with Crippen LogP contribution in [0.4, 0.5) is 11.4 Å². The van der Waals surface area contributed by atoms with Gasteiger partial charge in [-0.1, -0.05) is 35.3 Å². The van der Waals surface area contributed by atoms with Crippen LogP contribution in [0.2, 0.25) is 10.0 Å². The van der Waals surface area contributed by atoms with Crippen molar-refractivity contribution in [1.29, 1.82) is 0 Å². The second-order valence-corrected chi connectivity index (χ2v) is 7.21. The molecule has 0 saturated carbocycles. The van der Waals surface area contributed by atoms with Crippen molar-refractivity contribution in [2.75, 3.05) is 11.9 Å². The van der Waals surface area contributed by atoms with E-state index in [1.165, 1.54) is 12.4 Å². The van der Waals surface area contributed by atoms with Gasteiger partial charge < -0.3 is 15.0 Å². The van der Waals surface area contributed by atoms with E-state index in [1.54, 1.807) is 0 Å². The minimum Gasteiger partial charge on any atom is -0.454 e. The van der Waals surface area contributed by atoms with Crippen LogP contribution in [0.15, 0.2) is 65.9 Å². The lowest BCUT2D eigenvalue weighted by atomic mass is 10.1. The van der Waals surface area contributed by atoms with Gasteiger partial charge in [0.05, 0.1) is 29.3 Å². The maximum absolute atomic E-state index is 6.14. The summed E-state index contributed by atoms with van der Waals surface area (Å²) < 4.78 is 5.89. The van der Waals surface area contributed by atoms with Gasteiger partial charge in [-0.15, -0.1) is 0 Å². The molecule has 7 heteroatoms. The van der Waals surface area contributed by atoms with Gasteiger partial charge in [0, 0.05) is 23.3 Å². The predicted octanol–water partition coefficient (Wildman–Crippen LogP) is 6.21. The van der Waals surface area contributed by atoms with Gasteiger partial charge in [-0.3, -0.25) is 4.98 Å². The van der Waals surface area contributed by atoms with Crippen molar-refractivity contribution in [3.63, 3.8) is 0 Å². The fourth-order valence-corrected chi connectivity index (χ4v) is 3.63. The molecule has 0 unspecified atom stereocenters. The Labute approximate surface area is 171 Å². The van der Waals surface area contributed by atoms with Gasteiger partial charge >= 0.3 is 0 Å². The van der Waals surface area contributed by atoms with Crippen molar-refractivity contribution in [3.8, 4) is 11.5 Å². The van der Waals surface area contributed by atoms with Crippen LogP contribution in [0.25, 0.3) is 10.9 Å². The Morgan fingerprint density at radius 2 is 1.79 bits per heavy atom. The average Bonchev–Trinajstić information content (AvgIpc) is 3.14. The Kier molecular flexibility index (Phi) is 4.19. The number of hydrogen-bond donors (Lipinski definition) is 2. The number of aliphatic imine (C=N–C) groups is 1. The number of nitrogens with one attached hydrogen (secondary N) is 2. The van der Waals surface area contributed by atoms with E-state index < -0.39 is 0 Å². The molecule has 2 aromatic carbocycles. The van der Waals surface area contributed by atoms with E-state index in [0.29, 0.717) is 28.1 Å². The lowest BCUT2D eigenvalue weighted by molar-refractivity contribution is 0.483. The molecule has 2 N–H and O–H groups in total. The highest BCUT2D eigenvalue weighted by Crippen LogP contribution is 2.36. The zero-order valence-electron chi connectivity index (χ0n) is 14.5. The second kappa shape index (κ2) is 6.86. The number of aromatic amines is 1. The Hall–Kier alpha value is -3.02. The van der Waals surface area contributed by atoms with Crippen LogP contribution in [0, 0.1) is 0 Å². The third-order valence-corrected chi connectivity index (χ3v) is 5.08. The number of anilines is 1. The first-order chi connectivity index (χ1) is 13.7. The Morgan fingerprint density at radius 1 is 0.964 bits per heavy atom. The van der Waals surface area contributed by atoms with Crippen LogP contribution in [-0.4, -0.2) is 22.2 Å². The van der Waals surface area contributed by atoms with Crippen LogP contribution in [-0.2, 0) is 0 Å². The van der Waals surface area contributed by atoms with Gasteiger partial charge in [0.15, 0.2) is 5.75 Å². The molecule has 0 aliphatic carbocycles. The number of halogens is 2. The molecule has 0 spiro atoms. The monoisotopic (exact) mass is 408 g/mol. The molecule has 1 aliphatic heterocycles. The molecule has 0 atom stereocenters. The highest BCUT2D eigenvalue weighted by molar-refractivity contribution is 6.36. The normalized spacial score (nSPS) is 13.0. The zero-order valence-corrected chi connectivity index (χ0v) is 16.1. The molecule has 5 nitrogen and oxygen atoms in total. The van der Waals surface area contributed by atoms with Crippen molar-refractivity contribution in [2.24, 2.45) is 4.99 Å². The number of benzene rings is 2. The summed E-state index contributed by atoms with van der Waals surface area (Å²) in [4.78, 5) is 12.1. The number of hydrogen-bond acceptors (Lipinski definition) is 4. The van der Waals surface area contributed by atoms with Crippen molar-refractivity contribution in [3.05, 3.63) is 76.7 Å². The molecule has 0 saturated heterocycles. The Bertz CT molecular complexity index is 1210. The highest BCUT2D eigenvalue weighted by Gasteiger charge is 2.15. The lowest BCUT2D eigenvalue weighted by Gasteiger charge is -2.16. The van der Waals surface area contributed by atoms with Crippen molar-refractivity contribution >= 4 is 51.2 Å². The SMILES string of the molecule is Clc1cncc(Cl)c1Oc1ccc2[nH]c(C3=Nc4ccccc4NC3)cc2c1. The molecule has 0 amide bonds. The largest absolute Gasteiger partial charge is 0.454 e. The van der Waals surface area contributed by atoms with E-state index in [2.05, 4.69) is 21.4 Å². The number of rotatable bonds is 3. The van der Waals surface area contributed by atoms with Crippen molar-refractivity contribution < 1.29 is 4.74 Å². The van der Waals surface area contributed by atoms with Crippen molar-refractivity contribution in [1.82, 2.24) is 9.97 Å². The smallest absolute Gasteiger partial charge is 0.167 e. The molecule has 0 fully saturated rings. The standard InChI is InChI=1S/C21H14Cl2N4O/c22-14-9-24-10-15(23)21(14)28-13-5-6-16-12(7-13)8-19(26-16)20-11-25-17-3-1-2-4-18(17)27-20/h1-10,25-26H,11H2. The van der Waals surface area contributed by atoms with Gasteiger partial charge in [0.25, 0.3) is 0 Å². The third kappa shape index (κ3) is 3.09. The highest BCUT2D eigenvalue weighted by atomic mass is 35.5. The fourth-order valence-electron chi connectivity index (χ4n) is 3.18. The van der Waals surface area contributed by atoms with Gasteiger partial charge in [-0.25, -0.2) is 4.99 Å². The molecule has 4 aromatic rings. The van der Waals surface area contributed by atoms with Crippen LogP contribution in [0.3, 0.4) is 0 Å². The summed E-state index contributed by atoms with van der Waals surface area (Å²) in [5.41, 5.74) is 4.90. The molecule has 28 heavy (non-hydrogen) atoms. The van der Waals surface area contributed by atoms with Crippen LogP contribution in [0.1, 0.15) is 5.69 Å². The molecule has 1 aliphatic rings. The number of ether oxygens (including phenoxy) is 1. The molecule has 5 rings (SSSR count). The minimum absolute atomic E-state index is 0.364. The summed E-state index contributed by atoms with van der Waals surface area (Å²) in [7, 11) is 0. The van der Waals surface area contributed by atoms with E-state index in [1.807, 2.05) is 42.5 Å². The molecular weight excluding hydrogens is 395 g/mol. The topological polar surface area (TPSA) is 62.3 Å². The summed E-state index contributed by atoms with van der Waals surface area (Å²) >= 11 is 12.3. The van der Waals surface area contributed by atoms with Gasteiger partial charge in [-0.05, 0) is 36.4 Å². The number of aromatic nitrogens is 2. The summed E-state index contributed by atoms with van der Waals surface area (Å²) in [6.45, 7) is 0.662. The van der Waals surface area contributed by atoms with Crippen molar-refractivity contribution in [2.45, 2.75) is 0 Å². The first-order valence-electron chi connectivity index (χ1n) is 8.68. The second-order valence-electron chi connectivity index (χ2n) is 6.40. The minimum atomic E-state index is 0.364. The maximum atomic E-state index is 6.14. The number of fused-ring (bicyclic) bond motifs is 2. The quantitative estimate of drug-likeness (QED) is 0.423. The first-order valence-corrected chi connectivity index (χ1v) is 9.43. The number of nitrogens with zero attached hydrogens (tertiary/aromatic N) is 2. The van der Waals surface area contributed by atoms with Crippen LogP contribution < -0.4 is 10.1 Å². The zero-order chi connectivity index (χ0) is 19.1. The van der Waals surface area contributed by atoms with Gasteiger partial charge in [0.2, 0.25) is 0 Å². The number of para-hydroxylation sites is 2. The van der Waals surface area contributed by atoms with Crippen LogP contribution in [0.5, 0.6) is 11.5 Å². The van der Waals surface area contributed by atoms with E-state index in [4.69, 9.17) is 32.9 Å². The Balaban J connectivity index is 1.49. The van der Waals surface area contributed by atoms with Crippen LogP contribution >= 0.6 is 23.2 Å². The first kappa shape index (κ1) is 17.1. The molecule has 2 aromatic heterocycles. The number of pyridine rings is 1. The molecule has 138 valence electrons. The molecule has 0 radical (unpaired) electrons. The van der Waals surface area contributed by atoms with E-state index in [-0.39, 0.29) is 0 Å². The maximum Gasteiger partial charge on any atom is 0.167 e. The lowest BCUT2D eigenvalue weighted by Crippen LogP contribution is -2.18. The summed E-state index contributed by atoms with van der Waals surface area (Å²) in [6.07, 6.45) is 3.00. The van der Waals surface area contributed by atoms with E-state index in [9.17, 15) is 0 Å². The molecule has 3 heterocycles. The predicted molar refractivity (Wildman–Crippen MR) is 114 cm³/mol. The summed E-state index contributed by atoms with van der Waals surface area (Å²) in [5, 5.41) is 5.14. The van der Waals surface area contributed by atoms with E-state index in [0.717, 1.165) is 33.7 Å². The van der Waals surface area contributed by atoms with Gasteiger partial charge in [-0.2, -0.15) is 0 Å². The third-order valence-electron chi connectivity index (χ3n) is 4.54. The summed E-state index contributed by atoms with van der Waals surface area (Å²) in [5.74, 6) is 1.04. The summed E-state index contributed by atoms with van der Waals surface area (Å²) in [6, 6.07) is 15.8. The molecular formula is C21H14Cl2N4O.